The van der Waals surface area contributed by atoms with Crippen LogP contribution in [0.15, 0.2) is 72.8 Å². The third kappa shape index (κ3) is 5.75. The van der Waals surface area contributed by atoms with E-state index in [4.69, 9.17) is 30.9 Å². The zero-order valence-electron chi connectivity index (χ0n) is 19.4. The summed E-state index contributed by atoms with van der Waals surface area (Å²) in [5, 5.41) is 14.2. The quantitative estimate of drug-likeness (QED) is 0.290. The van der Waals surface area contributed by atoms with Gasteiger partial charge in [0.2, 0.25) is 5.88 Å². The van der Waals surface area contributed by atoms with Crippen LogP contribution >= 0.6 is 11.6 Å². The molecule has 0 saturated heterocycles. The second-order valence-corrected chi connectivity index (χ2v) is 8.04. The number of benzene rings is 3. The number of hydrogen-bond acceptors (Lipinski definition) is 5. The van der Waals surface area contributed by atoms with E-state index in [-0.39, 0.29) is 5.56 Å². The van der Waals surface area contributed by atoms with Crippen molar-refractivity contribution in [2.45, 2.75) is 13.5 Å². The Bertz CT molecular complexity index is 1300. The first kappa shape index (κ1) is 24.2. The molecule has 1 aromatic heterocycles. The molecule has 0 unspecified atom stereocenters. The summed E-state index contributed by atoms with van der Waals surface area (Å²) >= 11 is 6.48. The van der Waals surface area contributed by atoms with Crippen LogP contribution < -0.4 is 14.2 Å². The number of aromatic carboxylic acids is 1. The van der Waals surface area contributed by atoms with Crippen molar-refractivity contribution in [2.75, 3.05) is 20.3 Å². The van der Waals surface area contributed by atoms with Crippen molar-refractivity contribution in [3.63, 3.8) is 0 Å². The monoisotopic (exact) mass is 492 g/mol. The smallest absolute Gasteiger partial charge is 0.335 e. The van der Waals surface area contributed by atoms with Gasteiger partial charge < -0.3 is 19.3 Å². The van der Waals surface area contributed by atoms with Crippen molar-refractivity contribution < 1.29 is 24.1 Å². The summed E-state index contributed by atoms with van der Waals surface area (Å²) < 4.78 is 18.6. The number of carbonyl (C=O) groups is 1. The second kappa shape index (κ2) is 11.0. The number of ether oxygens (including phenoxy) is 3. The highest BCUT2D eigenvalue weighted by atomic mass is 35.5. The maximum Gasteiger partial charge on any atom is 0.335 e. The van der Waals surface area contributed by atoms with Crippen molar-refractivity contribution in [3.05, 3.63) is 83.4 Å². The standard InChI is InChI=1S/C27H25ClN2O5/c1-3-34-26-17-24(19-4-6-20(7-5-19)27(31)32)29-30(26)14-15-35-25-13-10-21(16-23(25)28)18-8-11-22(33-2)12-9-18/h4-13,16-17H,3,14-15H2,1-2H3,(H,31,32). The summed E-state index contributed by atoms with van der Waals surface area (Å²) in [6.45, 7) is 3.17. The number of halogens is 1. The van der Waals surface area contributed by atoms with Gasteiger partial charge in [0, 0.05) is 11.6 Å². The lowest BCUT2D eigenvalue weighted by Gasteiger charge is -2.11. The van der Waals surface area contributed by atoms with Gasteiger partial charge in [0.15, 0.2) is 0 Å². The first-order chi connectivity index (χ1) is 17.0. The van der Waals surface area contributed by atoms with E-state index in [0.717, 1.165) is 22.4 Å². The number of rotatable bonds is 10. The van der Waals surface area contributed by atoms with Gasteiger partial charge in [0.25, 0.3) is 0 Å². The van der Waals surface area contributed by atoms with Gasteiger partial charge in [0.05, 0.1) is 36.5 Å². The maximum absolute atomic E-state index is 11.1. The molecule has 0 bridgehead atoms. The van der Waals surface area contributed by atoms with E-state index in [1.165, 1.54) is 0 Å². The minimum absolute atomic E-state index is 0.224. The minimum atomic E-state index is -0.968. The average molecular weight is 493 g/mol. The Morgan fingerprint density at radius 3 is 2.26 bits per heavy atom. The summed E-state index contributed by atoms with van der Waals surface area (Å²) in [6.07, 6.45) is 0. The molecule has 4 rings (SSSR count). The summed E-state index contributed by atoms with van der Waals surface area (Å²) in [5.41, 5.74) is 3.72. The number of aromatic nitrogens is 2. The van der Waals surface area contributed by atoms with Gasteiger partial charge in [-0.2, -0.15) is 5.10 Å². The van der Waals surface area contributed by atoms with Crippen LogP contribution in [0.2, 0.25) is 5.02 Å². The predicted molar refractivity (Wildman–Crippen MR) is 135 cm³/mol. The molecule has 0 spiro atoms. The van der Waals surface area contributed by atoms with Gasteiger partial charge in [-0.05, 0) is 54.4 Å². The van der Waals surface area contributed by atoms with Gasteiger partial charge >= 0.3 is 5.97 Å². The lowest BCUT2D eigenvalue weighted by molar-refractivity contribution is 0.0697. The number of methoxy groups -OCH3 is 1. The summed E-state index contributed by atoms with van der Waals surface area (Å²) in [4.78, 5) is 11.1. The van der Waals surface area contributed by atoms with E-state index in [9.17, 15) is 4.79 Å². The van der Waals surface area contributed by atoms with Crippen molar-refractivity contribution in [1.82, 2.24) is 9.78 Å². The average Bonchev–Trinajstić information content (AvgIpc) is 3.28. The Hall–Kier alpha value is -3.97. The SMILES string of the molecule is CCOc1cc(-c2ccc(C(=O)O)cc2)nn1CCOc1ccc(-c2ccc(OC)cc2)cc1Cl. The molecule has 3 aromatic carbocycles. The molecular weight excluding hydrogens is 468 g/mol. The zero-order chi connectivity index (χ0) is 24.8. The first-order valence-electron chi connectivity index (χ1n) is 11.1. The molecule has 8 heteroatoms. The third-order valence-corrected chi connectivity index (χ3v) is 5.67. The molecule has 180 valence electrons. The molecule has 1 N–H and O–H groups in total. The van der Waals surface area contributed by atoms with Gasteiger partial charge in [-0.1, -0.05) is 41.9 Å². The van der Waals surface area contributed by atoms with Gasteiger partial charge in [-0.15, -0.1) is 0 Å². The van der Waals surface area contributed by atoms with Crippen molar-refractivity contribution >= 4 is 17.6 Å². The molecule has 1 heterocycles. The van der Waals surface area contributed by atoms with Crippen molar-refractivity contribution in [2.24, 2.45) is 0 Å². The van der Waals surface area contributed by atoms with Crippen LogP contribution in [0.4, 0.5) is 0 Å². The Balaban J connectivity index is 1.44. The van der Waals surface area contributed by atoms with E-state index in [1.54, 1.807) is 36.1 Å². The molecule has 0 amide bonds. The highest BCUT2D eigenvalue weighted by Crippen LogP contribution is 2.31. The van der Waals surface area contributed by atoms with Crippen molar-refractivity contribution in [3.8, 4) is 39.8 Å². The van der Waals surface area contributed by atoms with Gasteiger partial charge in [0.1, 0.15) is 18.1 Å². The fourth-order valence-corrected chi connectivity index (χ4v) is 3.81. The lowest BCUT2D eigenvalue weighted by atomic mass is 10.1. The number of hydrogen-bond donors (Lipinski definition) is 1. The molecule has 0 radical (unpaired) electrons. The van der Waals surface area contributed by atoms with Crippen LogP contribution in [-0.2, 0) is 6.54 Å². The van der Waals surface area contributed by atoms with Crippen LogP contribution in [0.1, 0.15) is 17.3 Å². The Morgan fingerprint density at radius 1 is 0.943 bits per heavy atom. The number of carboxylic acid groups (broad SMARTS) is 1. The van der Waals surface area contributed by atoms with E-state index in [1.807, 2.05) is 55.5 Å². The molecule has 0 aliphatic carbocycles. The molecule has 0 aliphatic rings. The van der Waals surface area contributed by atoms with Gasteiger partial charge in [-0.3, -0.25) is 0 Å². The summed E-state index contributed by atoms with van der Waals surface area (Å²) in [6, 6.07) is 21.8. The van der Waals surface area contributed by atoms with Crippen molar-refractivity contribution in [1.29, 1.82) is 0 Å². The fourth-order valence-electron chi connectivity index (χ4n) is 3.57. The molecule has 0 aliphatic heterocycles. The maximum atomic E-state index is 11.1. The van der Waals surface area contributed by atoms with Crippen LogP contribution in [0.5, 0.6) is 17.4 Å². The predicted octanol–water partition coefficient (Wildman–Crippen LogP) is 6.06. The fraction of sp³-hybridized carbons (Fsp3) is 0.185. The lowest BCUT2D eigenvalue weighted by Crippen LogP contribution is -2.11. The van der Waals surface area contributed by atoms with E-state index in [0.29, 0.717) is 42.1 Å². The Labute approximate surface area is 208 Å². The summed E-state index contributed by atoms with van der Waals surface area (Å²) in [7, 11) is 1.64. The topological polar surface area (TPSA) is 82.8 Å². The largest absolute Gasteiger partial charge is 0.497 e. The molecule has 35 heavy (non-hydrogen) atoms. The highest BCUT2D eigenvalue weighted by Gasteiger charge is 2.13. The van der Waals surface area contributed by atoms with Crippen LogP contribution in [-0.4, -0.2) is 41.2 Å². The molecule has 4 aromatic rings. The molecule has 0 saturated carbocycles. The molecular formula is C27H25ClN2O5. The Kier molecular flexibility index (Phi) is 7.57. The normalized spacial score (nSPS) is 10.7. The van der Waals surface area contributed by atoms with Gasteiger partial charge in [-0.25, -0.2) is 9.48 Å². The van der Waals surface area contributed by atoms with Crippen LogP contribution in [0.3, 0.4) is 0 Å². The first-order valence-corrected chi connectivity index (χ1v) is 11.5. The highest BCUT2D eigenvalue weighted by molar-refractivity contribution is 6.32. The third-order valence-electron chi connectivity index (χ3n) is 5.38. The van der Waals surface area contributed by atoms with Crippen LogP contribution in [0, 0.1) is 0 Å². The van der Waals surface area contributed by atoms with E-state index >= 15 is 0 Å². The second-order valence-electron chi connectivity index (χ2n) is 7.63. The van der Waals surface area contributed by atoms with Crippen LogP contribution in [0.25, 0.3) is 22.4 Å². The molecule has 0 fully saturated rings. The zero-order valence-corrected chi connectivity index (χ0v) is 20.2. The minimum Gasteiger partial charge on any atom is -0.497 e. The van der Waals surface area contributed by atoms with E-state index in [2.05, 4.69) is 5.10 Å². The number of carboxylic acids is 1. The summed E-state index contributed by atoms with van der Waals surface area (Å²) in [5.74, 6) is 1.02. The molecule has 0 atom stereocenters. The molecule has 7 nitrogen and oxygen atoms in total. The van der Waals surface area contributed by atoms with E-state index < -0.39 is 5.97 Å². The Morgan fingerprint density at radius 2 is 1.63 bits per heavy atom. The number of nitrogens with zero attached hydrogens (tertiary/aromatic N) is 2.